The summed E-state index contributed by atoms with van der Waals surface area (Å²) in [5.41, 5.74) is 1.14. The van der Waals surface area contributed by atoms with Gasteiger partial charge in [0.2, 0.25) is 26.5 Å². The van der Waals surface area contributed by atoms with E-state index < -0.39 is 50.7 Å². The predicted octanol–water partition coefficient (Wildman–Crippen LogP) is 3.72. The zero-order valence-electron chi connectivity index (χ0n) is 27.8. The van der Waals surface area contributed by atoms with Gasteiger partial charge in [-0.1, -0.05) is 29.8 Å². The lowest BCUT2D eigenvalue weighted by Gasteiger charge is -2.33. The fraction of sp³-hybridized carbons (Fsp3) is 0.529. The lowest BCUT2D eigenvalue weighted by Crippen LogP contribution is -2.64. The van der Waals surface area contributed by atoms with Gasteiger partial charge in [-0.05, 0) is 96.7 Å². The molecule has 2 atom stereocenters. The number of sulfone groups is 1. The number of benzene rings is 2. The molecule has 0 unspecified atom stereocenters. The van der Waals surface area contributed by atoms with Crippen LogP contribution in [0.15, 0.2) is 53.4 Å². The molecule has 2 aromatic rings. The Labute approximate surface area is 276 Å². The standard InChI is InChI=1S/C34H46N4O8S/c1-6-45-31(41)34(37-30(40)28-8-7-19-35-28,47(43,44)27-15-9-23(2)10-16-27)22-24-11-13-26(14-12-24)36-29(39)25-17-20-38(21-18-25)32(42)46-33(3,4)5/h9-16,25,28,35H,6-8,17-22H2,1-5H3,(H,36,39)(H,37,40)/t28-,34+/m0/s1. The molecule has 3 amide bonds. The quantitative estimate of drug-likeness (QED) is 0.320. The zero-order valence-corrected chi connectivity index (χ0v) is 28.6. The molecule has 3 N–H and O–H groups in total. The molecule has 0 bridgehead atoms. The highest BCUT2D eigenvalue weighted by Crippen LogP contribution is 2.31. The lowest BCUT2D eigenvalue weighted by atomic mass is 9.96. The van der Waals surface area contributed by atoms with Crippen molar-refractivity contribution >= 4 is 39.4 Å². The summed E-state index contributed by atoms with van der Waals surface area (Å²) < 4.78 is 39.4. The molecule has 2 aliphatic rings. The molecule has 4 rings (SSSR count). The number of amides is 3. The molecule has 256 valence electrons. The molecule has 2 heterocycles. The normalized spacial score (nSPS) is 18.6. The third-order valence-corrected chi connectivity index (χ3v) is 10.5. The van der Waals surface area contributed by atoms with Crippen molar-refractivity contribution in [2.24, 2.45) is 5.92 Å². The van der Waals surface area contributed by atoms with E-state index in [2.05, 4.69) is 16.0 Å². The van der Waals surface area contributed by atoms with Crippen molar-refractivity contribution in [3.05, 3.63) is 59.7 Å². The van der Waals surface area contributed by atoms with E-state index in [0.717, 1.165) is 12.0 Å². The average Bonchev–Trinajstić information content (AvgIpc) is 3.57. The topological polar surface area (TPSA) is 160 Å². The third-order valence-electron chi connectivity index (χ3n) is 8.29. The van der Waals surface area contributed by atoms with Gasteiger partial charge in [-0.2, -0.15) is 0 Å². The number of esters is 1. The van der Waals surface area contributed by atoms with Crippen LogP contribution in [0.4, 0.5) is 10.5 Å². The first-order valence-electron chi connectivity index (χ1n) is 16.1. The number of nitrogens with one attached hydrogen (secondary N) is 3. The van der Waals surface area contributed by atoms with E-state index in [9.17, 15) is 27.6 Å². The largest absolute Gasteiger partial charge is 0.463 e. The number of likely N-dealkylation sites (tertiary alicyclic amines) is 1. The van der Waals surface area contributed by atoms with E-state index in [-0.39, 0.29) is 23.3 Å². The van der Waals surface area contributed by atoms with Crippen LogP contribution >= 0.6 is 0 Å². The fourth-order valence-corrected chi connectivity index (χ4v) is 7.46. The molecule has 2 aromatic carbocycles. The van der Waals surface area contributed by atoms with Crippen molar-refractivity contribution in [3.63, 3.8) is 0 Å². The Morgan fingerprint density at radius 3 is 2.13 bits per heavy atom. The van der Waals surface area contributed by atoms with E-state index in [1.807, 2.05) is 6.92 Å². The molecular formula is C34H46N4O8S. The third kappa shape index (κ3) is 8.69. The number of hydrogen-bond acceptors (Lipinski definition) is 9. The van der Waals surface area contributed by atoms with Gasteiger partial charge in [0.1, 0.15) is 5.60 Å². The predicted molar refractivity (Wildman–Crippen MR) is 176 cm³/mol. The number of ether oxygens (including phenoxy) is 2. The first-order chi connectivity index (χ1) is 22.1. The Bertz CT molecular complexity index is 1540. The van der Waals surface area contributed by atoms with Gasteiger partial charge < -0.3 is 30.3 Å². The Hall–Kier alpha value is -3.97. The van der Waals surface area contributed by atoms with Gasteiger partial charge in [-0.3, -0.25) is 9.59 Å². The number of carbonyl (C=O) groups is 4. The minimum Gasteiger partial charge on any atom is -0.463 e. The number of aryl methyl sites for hydroxylation is 1. The van der Waals surface area contributed by atoms with Gasteiger partial charge in [0, 0.05) is 31.1 Å². The minimum absolute atomic E-state index is 0.0940. The molecule has 12 nitrogen and oxygen atoms in total. The Kier molecular flexibility index (Phi) is 11.3. The second-order valence-electron chi connectivity index (χ2n) is 13.1. The van der Waals surface area contributed by atoms with E-state index in [1.54, 1.807) is 69.0 Å². The molecule has 47 heavy (non-hydrogen) atoms. The van der Waals surface area contributed by atoms with Crippen molar-refractivity contribution < 1.29 is 37.1 Å². The van der Waals surface area contributed by atoms with Crippen molar-refractivity contribution in [1.82, 2.24) is 15.5 Å². The number of hydrogen-bond donors (Lipinski definition) is 3. The molecule has 0 aliphatic carbocycles. The van der Waals surface area contributed by atoms with E-state index >= 15 is 0 Å². The first kappa shape index (κ1) is 35.9. The summed E-state index contributed by atoms with van der Waals surface area (Å²) >= 11 is 0. The molecule has 0 radical (unpaired) electrons. The van der Waals surface area contributed by atoms with Crippen molar-refractivity contribution in [1.29, 1.82) is 0 Å². The smallest absolute Gasteiger partial charge is 0.410 e. The van der Waals surface area contributed by atoms with Gasteiger partial charge >= 0.3 is 12.1 Å². The van der Waals surface area contributed by atoms with Crippen LogP contribution in [0.2, 0.25) is 0 Å². The SMILES string of the molecule is CCOC(=O)[C@](Cc1ccc(NC(=O)C2CCN(C(=O)OC(C)(C)C)CC2)cc1)(NC(=O)[C@@H]1CCCN1)S(=O)(=O)c1ccc(C)cc1. The van der Waals surface area contributed by atoms with E-state index in [4.69, 9.17) is 9.47 Å². The van der Waals surface area contributed by atoms with Crippen molar-refractivity contribution in [2.75, 3.05) is 31.6 Å². The minimum atomic E-state index is -4.53. The van der Waals surface area contributed by atoms with Crippen LogP contribution in [0.25, 0.3) is 0 Å². The summed E-state index contributed by atoms with van der Waals surface area (Å²) in [6.45, 7) is 10.1. The van der Waals surface area contributed by atoms with Gasteiger partial charge in [-0.25, -0.2) is 18.0 Å². The summed E-state index contributed by atoms with van der Waals surface area (Å²) in [5.74, 6) is -2.18. The Balaban J connectivity index is 1.54. The van der Waals surface area contributed by atoms with Crippen LogP contribution in [-0.2, 0) is 40.1 Å². The van der Waals surface area contributed by atoms with E-state index in [1.165, 1.54) is 12.1 Å². The van der Waals surface area contributed by atoms with E-state index in [0.29, 0.717) is 50.1 Å². The van der Waals surface area contributed by atoms with Crippen LogP contribution in [0.1, 0.15) is 64.5 Å². The molecule has 13 heteroatoms. The second-order valence-corrected chi connectivity index (χ2v) is 15.3. The van der Waals surface area contributed by atoms with Gasteiger partial charge in [-0.15, -0.1) is 0 Å². The number of rotatable bonds is 10. The van der Waals surface area contributed by atoms with Crippen molar-refractivity contribution in [3.8, 4) is 0 Å². The summed E-state index contributed by atoms with van der Waals surface area (Å²) in [5, 5.41) is 8.56. The molecule has 2 saturated heterocycles. The van der Waals surface area contributed by atoms with Crippen LogP contribution in [0, 0.1) is 12.8 Å². The van der Waals surface area contributed by atoms with Crippen molar-refractivity contribution in [2.45, 2.75) is 88.1 Å². The molecule has 2 aliphatic heterocycles. The van der Waals surface area contributed by atoms with Crippen LogP contribution in [0.3, 0.4) is 0 Å². The Morgan fingerprint density at radius 2 is 1.57 bits per heavy atom. The number of anilines is 1. The first-order valence-corrected chi connectivity index (χ1v) is 17.5. The number of carbonyl (C=O) groups excluding carboxylic acids is 4. The van der Waals surface area contributed by atoms with Crippen LogP contribution < -0.4 is 16.0 Å². The highest BCUT2D eigenvalue weighted by atomic mass is 32.2. The molecule has 0 saturated carbocycles. The summed E-state index contributed by atoms with van der Waals surface area (Å²) in [6.07, 6.45) is 1.41. The molecule has 0 aromatic heterocycles. The summed E-state index contributed by atoms with van der Waals surface area (Å²) in [4.78, 5) is 51.6. The Morgan fingerprint density at radius 1 is 0.936 bits per heavy atom. The monoisotopic (exact) mass is 670 g/mol. The maximum absolute atomic E-state index is 14.3. The highest BCUT2D eigenvalue weighted by Gasteiger charge is 2.55. The summed E-state index contributed by atoms with van der Waals surface area (Å²) in [7, 11) is -4.53. The van der Waals surface area contributed by atoms with Gasteiger partial charge in [0.15, 0.2) is 0 Å². The second kappa shape index (κ2) is 14.8. The number of piperidine rings is 1. The maximum Gasteiger partial charge on any atom is 0.410 e. The average molecular weight is 671 g/mol. The molecule has 2 fully saturated rings. The number of nitrogens with zero attached hydrogens (tertiary/aromatic N) is 1. The van der Waals surface area contributed by atoms with Crippen LogP contribution in [-0.4, -0.2) is 79.9 Å². The summed E-state index contributed by atoms with van der Waals surface area (Å²) in [6, 6.07) is 11.9. The van der Waals surface area contributed by atoms with Crippen LogP contribution in [0.5, 0.6) is 0 Å². The molecule has 0 spiro atoms. The highest BCUT2D eigenvalue weighted by molar-refractivity contribution is 7.93. The molecular weight excluding hydrogens is 624 g/mol. The lowest BCUT2D eigenvalue weighted by molar-refractivity contribution is -0.149. The fourth-order valence-electron chi connectivity index (χ4n) is 5.69. The maximum atomic E-state index is 14.3. The van der Waals surface area contributed by atoms with Gasteiger partial charge in [0.25, 0.3) is 0 Å². The van der Waals surface area contributed by atoms with Gasteiger partial charge in [0.05, 0.1) is 17.5 Å². The zero-order chi connectivity index (χ0) is 34.4.